The molecule has 0 radical (unpaired) electrons. The summed E-state index contributed by atoms with van der Waals surface area (Å²) in [7, 11) is 0. The summed E-state index contributed by atoms with van der Waals surface area (Å²) >= 11 is 19.3. The van der Waals surface area contributed by atoms with E-state index in [1.165, 1.54) is 0 Å². The molecule has 0 aliphatic heterocycles. The number of benzene rings is 2. The van der Waals surface area contributed by atoms with Crippen LogP contribution in [0.2, 0.25) is 0 Å². The third-order valence-electron chi connectivity index (χ3n) is 5.05. The lowest BCUT2D eigenvalue weighted by Gasteiger charge is -2.20. The largest absolute Gasteiger partial charge is 0.461 e. The molecule has 1 saturated carbocycles. The number of para-hydroxylation sites is 1. The Labute approximate surface area is 191 Å². The number of carbonyl (C=O) groups is 1. The van der Waals surface area contributed by atoms with Crippen LogP contribution in [0.4, 0.5) is 0 Å². The van der Waals surface area contributed by atoms with Gasteiger partial charge in [-0.05, 0) is 41.2 Å². The number of rotatable bonds is 7. The van der Waals surface area contributed by atoms with Gasteiger partial charge >= 0.3 is 5.97 Å². The van der Waals surface area contributed by atoms with Gasteiger partial charge in [0.1, 0.15) is 18.1 Å². The Morgan fingerprint density at radius 2 is 1.79 bits per heavy atom. The molecular weight excluding hydrogens is 531 g/mol. The molecule has 7 heteroatoms. The van der Waals surface area contributed by atoms with Crippen LogP contribution in [0, 0.1) is 17.3 Å². The first kappa shape index (κ1) is 21.9. The zero-order valence-corrected chi connectivity index (χ0v) is 20.1. The van der Waals surface area contributed by atoms with Crippen molar-refractivity contribution < 1.29 is 14.3 Å². The van der Waals surface area contributed by atoms with Gasteiger partial charge in [-0.3, -0.25) is 4.79 Å². The summed E-state index contributed by atoms with van der Waals surface area (Å²) in [4.78, 5) is 12.6. The van der Waals surface area contributed by atoms with Crippen LogP contribution in [0.5, 0.6) is 11.5 Å². The van der Waals surface area contributed by atoms with E-state index in [-0.39, 0.29) is 29.8 Å². The van der Waals surface area contributed by atoms with E-state index in [1.54, 1.807) is 0 Å². The predicted octanol–water partition coefficient (Wildman–Crippen LogP) is 7.08. The third-order valence-corrected chi connectivity index (χ3v) is 7.51. The number of alkyl halides is 4. The summed E-state index contributed by atoms with van der Waals surface area (Å²) in [6.45, 7) is 4.16. The van der Waals surface area contributed by atoms with Crippen molar-refractivity contribution in [3.63, 3.8) is 0 Å². The second-order valence-corrected chi connectivity index (χ2v) is 13.0. The smallest absolute Gasteiger partial charge is 0.310 e. The molecule has 2 aromatic rings. The Hall–Kier alpha value is -0.750. The van der Waals surface area contributed by atoms with Gasteiger partial charge in [0.25, 0.3) is 0 Å². The van der Waals surface area contributed by atoms with Gasteiger partial charge in [-0.2, -0.15) is 0 Å². The molecule has 3 rings (SSSR count). The predicted molar refractivity (Wildman–Crippen MR) is 120 cm³/mol. The second kappa shape index (κ2) is 8.55. The third kappa shape index (κ3) is 5.05. The van der Waals surface area contributed by atoms with E-state index in [0.29, 0.717) is 5.75 Å². The van der Waals surface area contributed by atoms with E-state index in [2.05, 4.69) is 31.9 Å². The lowest BCUT2D eigenvalue weighted by molar-refractivity contribution is -0.147. The quantitative estimate of drug-likeness (QED) is 0.273. The molecule has 1 aliphatic carbocycles. The lowest BCUT2D eigenvalue weighted by atomic mass is 10.1. The SMILES string of the molecule is CC1(C)[C@H](C(=O)OCc2cccc(Oc3ccccc3)c2)[C@@H]1C(Cl)C(Cl)(Br)Br. The average Bonchev–Trinajstić information content (AvgIpc) is 3.21. The molecule has 0 amide bonds. The van der Waals surface area contributed by atoms with Gasteiger partial charge in [0.15, 0.2) is 2.69 Å². The number of ether oxygens (including phenoxy) is 2. The molecule has 0 saturated heterocycles. The minimum absolute atomic E-state index is 0.0920. The summed E-state index contributed by atoms with van der Waals surface area (Å²) in [6, 6.07) is 17.0. The fraction of sp³-hybridized carbons (Fsp3) is 0.381. The Morgan fingerprint density at radius 3 is 2.43 bits per heavy atom. The Bertz CT molecular complexity index is 837. The molecule has 2 aromatic carbocycles. The molecule has 150 valence electrons. The summed E-state index contributed by atoms with van der Waals surface area (Å²) in [6.07, 6.45) is 0. The zero-order valence-electron chi connectivity index (χ0n) is 15.4. The van der Waals surface area contributed by atoms with Gasteiger partial charge in [0, 0.05) is 0 Å². The molecule has 1 unspecified atom stereocenters. The summed E-state index contributed by atoms with van der Waals surface area (Å²) in [5, 5.41) is -0.468. The van der Waals surface area contributed by atoms with Gasteiger partial charge < -0.3 is 9.47 Å². The molecule has 1 aliphatic rings. The van der Waals surface area contributed by atoms with Gasteiger partial charge in [0.05, 0.1) is 11.3 Å². The highest BCUT2D eigenvalue weighted by atomic mass is 79.9. The van der Waals surface area contributed by atoms with Crippen LogP contribution in [-0.2, 0) is 16.1 Å². The minimum atomic E-state index is -0.957. The zero-order chi connectivity index (χ0) is 20.5. The normalized spacial score (nSPS) is 21.6. The standard InChI is InChI=1S/C21H20Br2Cl2O3/c1-20(2)16(18(24)21(22,23)25)17(20)19(26)27-12-13-7-6-10-15(11-13)28-14-8-4-3-5-9-14/h3-11,16-18H,12H2,1-2H3/t16-,17+,18?/m1/s1. The van der Waals surface area contributed by atoms with Crippen molar-refractivity contribution >= 4 is 61.0 Å². The summed E-state index contributed by atoms with van der Waals surface area (Å²) in [5.41, 5.74) is 0.579. The monoisotopic (exact) mass is 548 g/mol. The van der Waals surface area contributed by atoms with E-state index in [1.807, 2.05) is 68.4 Å². The summed E-state index contributed by atoms with van der Waals surface area (Å²) < 4.78 is 10.4. The molecule has 3 atom stereocenters. The molecule has 28 heavy (non-hydrogen) atoms. The number of halogens is 4. The molecule has 0 N–H and O–H groups in total. The van der Waals surface area contributed by atoms with Crippen LogP contribution in [0.15, 0.2) is 54.6 Å². The topological polar surface area (TPSA) is 35.5 Å². The highest BCUT2D eigenvalue weighted by Gasteiger charge is 2.67. The van der Waals surface area contributed by atoms with Gasteiger partial charge in [-0.25, -0.2) is 0 Å². The van der Waals surface area contributed by atoms with E-state index in [0.717, 1.165) is 11.3 Å². The molecular formula is C21H20Br2Cl2O3. The molecule has 3 nitrogen and oxygen atoms in total. The van der Waals surface area contributed by atoms with Gasteiger partial charge in [-0.1, -0.05) is 87.6 Å². The Balaban J connectivity index is 1.60. The van der Waals surface area contributed by atoms with Crippen molar-refractivity contribution in [2.24, 2.45) is 17.3 Å². The molecule has 0 spiro atoms. The fourth-order valence-electron chi connectivity index (χ4n) is 3.45. The average molecular weight is 551 g/mol. The van der Waals surface area contributed by atoms with Crippen LogP contribution in [-0.4, -0.2) is 14.0 Å². The molecule has 1 fully saturated rings. The lowest BCUT2D eigenvalue weighted by Crippen LogP contribution is -2.23. The maximum absolute atomic E-state index is 12.6. The van der Waals surface area contributed by atoms with Crippen molar-refractivity contribution in [2.75, 3.05) is 0 Å². The maximum atomic E-state index is 12.6. The first-order valence-corrected chi connectivity index (χ1v) is 11.2. The van der Waals surface area contributed by atoms with Crippen LogP contribution in [0.1, 0.15) is 19.4 Å². The molecule has 0 bridgehead atoms. The first-order chi connectivity index (χ1) is 13.1. The van der Waals surface area contributed by atoms with Crippen molar-refractivity contribution in [3.8, 4) is 11.5 Å². The fourth-order valence-corrected chi connectivity index (χ4v) is 4.62. The van der Waals surface area contributed by atoms with E-state index >= 15 is 0 Å². The van der Waals surface area contributed by atoms with Gasteiger partial charge in [0.2, 0.25) is 0 Å². The maximum Gasteiger partial charge on any atom is 0.310 e. The van der Waals surface area contributed by atoms with Crippen LogP contribution >= 0.6 is 55.1 Å². The number of carbonyl (C=O) groups excluding carboxylic acids is 1. The van der Waals surface area contributed by atoms with Crippen molar-refractivity contribution in [1.29, 1.82) is 0 Å². The second-order valence-electron chi connectivity index (χ2n) is 7.44. The van der Waals surface area contributed by atoms with Crippen molar-refractivity contribution in [2.45, 2.75) is 28.5 Å². The van der Waals surface area contributed by atoms with E-state index in [4.69, 9.17) is 32.7 Å². The van der Waals surface area contributed by atoms with Crippen LogP contribution in [0.25, 0.3) is 0 Å². The van der Waals surface area contributed by atoms with E-state index in [9.17, 15) is 4.79 Å². The van der Waals surface area contributed by atoms with Gasteiger partial charge in [-0.15, -0.1) is 11.6 Å². The van der Waals surface area contributed by atoms with Crippen LogP contribution < -0.4 is 4.74 Å². The first-order valence-electron chi connectivity index (χ1n) is 8.80. The van der Waals surface area contributed by atoms with Crippen molar-refractivity contribution in [1.82, 2.24) is 0 Å². The number of esters is 1. The van der Waals surface area contributed by atoms with Crippen molar-refractivity contribution in [3.05, 3.63) is 60.2 Å². The van der Waals surface area contributed by atoms with Crippen LogP contribution in [0.3, 0.4) is 0 Å². The Morgan fingerprint density at radius 1 is 1.14 bits per heavy atom. The number of hydrogen-bond acceptors (Lipinski definition) is 3. The van der Waals surface area contributed by atoms with E-state index < -0.39 is 8.07 Å². The minimum Gasteiger partial charge on any atom is -0.461 e. The number of hydrogen-bond donors (Lipinski definition) is 0. The Kier molecular flexibility index (Phi) is 6.70. The highest BCUT2D eigenvalue weighted by molar-refractivity contribution is 9.26. The summed E-state index contributed by atoms with van der Waals surface area (Å²) in [5.74, 6) is 0.783. The molecule has 0 heterocycles. The highest BCUT2D eigenvalue weighted by Crippen LogP contribution is 2.65. The molecule has 0 aromatic heterocycles.